The van der Waals surface area contributed by atoms with Gasteiger partial charge in [-0.1, -0.05) is 36.4 Å². The third-order valence-corrected chi connectivity index (χ3v) is 8.08. The van der Waals surface area contributed by atoms with Crippen molar-refractivity contribution in [3.63, 3.8) is 0 Å². The minimum absolute atomic E-state index is 0.0671. The SMILES string of the molecule is COc1ccc(CN2CCN(C(=O)c3ccc(/C=C4\SC(=O)N(Cc5ccc(C(F)(F)F)cc5)C4=O)cc3)CC2)cc1. The highest BCUT2D eigenvalue weighted by molar-refractivity contribution is 8.18. The summed E-state index contributed by atoms with van der Waals surface area (Å²) in [5, 5.41) is -0.496. The molecule has 2 saturated heterocycles. The first-order valence-corrected chi connectivity index (χ1v) is 14.1. The van der Waals surface area contributed by atoms with Crippen LogP contribution >= 0.6 is 11.8 Å². The van der Waals surface area contributed by atoms with Crippen LogP contribution in [0.3, 0.4) is 0 Å². The van der Waals surface area contributed by atoms with E-state index in [4.69, 9.17) is 4.74 Å². The van der Waals surface area contributed by atoms with Crippen LogP contribution < -0.4 is 4.74 Å². The molecule has 218 valence electrons. The van der Waals surface area contributed by atoms with E-state index in [-0.39, 0.29) is 17.4 Å². The highest BCUT2D eigenvalue weighted by atomic mass is 32.2. The number of hydrogen-bond donors (Lipinski definition) is 0. The number of benzene rings is 3. The van der Waals surface area contributed by atoms with Crippen molar-refractivity contribution < 1.29 is 32.3 Å². The molecule has 0 saturated carbocycles. The van der Waals surface area contributed by atoms with Crippen LogP contribution in [0, 0.1) is 0 Å². The van der Waals surface area contributed by atoms with Gasteiger partial charge in [0.1, 0.15) is 5.75 Å². The summed E-state index contributed by atoms with van der Waals surface area (Å²) in [5.74, 6) is 0.234. The Bertz CT molecular complexity index is 1480. The van der Waals surface area contributed by atoms with Crippen molar-refractivity contribution in [2.45, 2.75) is 19.3 Å². The average molecular weight is 596 g/mol. The van der Waals surface area contributed by atoms with Crippen molar-refractivity contribution in [1.82, 2.24) is 14.7 Å². The van der Waals surface area contributed by atoms with Gasteiger partial charge in [-0.25, -0.2) is 0 Å². The molecule has 0 unspecified atom stereocenters. The van der Waals surface area contributed by atoms with E-state index in [1.165, 1.54) is 17.7 Å². The van der Waals surface area contributed by atoms with Crippen molar-refractivity contribution in [2.24, 2.45) is 0 Å². The number of nitrogens with zero attached hydrogens (tertiary/aromatic N) is 3. The zero-order valence-electron chi connectivity index (χ0n) is 22.8. The Morgan fingerprint density at radius 3 is 2.05 bits per heavy atom. The maximum Gasteiger partial charge on any atom is 0.416 e. The summed E-state index contributed by atoms with van der Waals surface area (Å²) in [6.45, 7) is 3.43. The minimum atomic E-state index is -4.46. The van der Waals surface area contributed by atoms with Crippen molar-refractivity contribution in [2.75, 3.05) is 33.3 Å². The van der Waals surface area contributed by atoms with Gasteiger partial charge in [-0.2, -0.15) is 13.2 Å². The maximum absolute atomic E-state index is 13.1. The molecule has 3 aromatic carbocycles. The lowest BCUT2D eigenvalue weighted by atomic mass is 10.1. The van der Waals surface area contributed by atoms with E-state index in [0.717, 1.165) is 54.2 Å². The molecule has 2 aliphatic heterocycles. The summed E-state index contributed by atoms with van der Waals surface area (Å²) in [6.07, 6.45) is -2.89. The summed E-state index contributed by atoms with van der Waals surface area (Å²) < 4.78 is 43.7. The third kappa shape index (κ3) is 6.85. The maximum atomic E-state index is 13.1. The number of carbonyl (C=O) groups excluding carboxylic acids is 3. The van der Waals surface area contributed by atoms with Crippen molar-refractivity contribution in [1.29, 1.82) is 0 Å². The van der Waals surface area contributed by atoms with Gasteiger partial charge in [-0.3, -0.25) is 24.2 Å². The molecule has 11 heteroatoms. The lowest BCUT2D eigenvalue weighted by Gasteiger charge is -2.34. The van der Waals surface area contributed by atoms with E-state index in [2.05, 4.69) is 4.90 Å². The predicted molar refractivity (Wildman–Crippen MR) is 154 cm³/mol. The zero-order valence-corrected chi connectivity index (χ0v) is 23.6. The number of halogens is 3. The zero-order chi connectivity index (χ0) is 29.9. The van der Waals surface area contributed by atoms with Gasteiger partial charge in [0.15, 0.2) is 0 Å². The Morgan fingerprint density at radius 2 is 1.45 bits per heavy atom. The summed E-state index contributed by atoms with van der Waals surface area (Å²) >= 11 is 0.771. The molecule has 42 heavy (non-hydrogen) atoms. The fraction of sp³-hybridized carbons (Fsp3) is 0.258. The van der Waals surface area contributed by atoms with Crippen LogP contribution in [-0.4, -0.2) is 65.0 Å². The second kappa shape index (κ2) is 12.4. The number of alkyl halides is 3. The third-order valence-electron chi connectivity index (χ3n) is 7.18. The number of hydrogen-bond acceptors (Lipinski definition) is 6. The smallest absolute Gasteiger partial charge is 0.416 e. The fourth-order valence-electron chi connectivity index (χ4n) is 4.77. The van der Waals surface area contributed by atoms with Crippen LogP contribution in [0.5, 0.6) is 5.75 Å². The lowest BCUT2D eigenvalue weighted by molar-refractivity contribution is -0.137. The summed E-state index contributed by atoms with van der Waals surface area (Å²) in [6, 6.07) is 19.2. The van der Waals surface area contributed by atoms with Crippen molar-refractivity contribution in [3.05, 3.63) is 106 Å². The molecule has 0 radical (unpaired) electrons. The van der Waals surface area contributed by atoms with Gasteiger partial charge in [0, 0.05) is 38.3 Å². The van der Waals surface area contributed by atoms with Crippen LogP contribution in [0.2, 0.25) is 0 Å². The van der Waals surface area contributed by atoms with E-state index < -0.39 is 22.9 Å². The highest BCUT2D eigenvalue weighted by Crippen LogP contribution is 2.34. The van der Waals surface area contributed by atoms with Crippen molar-refractivity contribution >= 4 is 34.9 Å². The summed E-state index contributed by atoms with van der Waals surface area (Å²) in [4.78, 5) is 43.8. The summed E-state index contributed by atoms with van der Waals surface area (Å²) in [5.41, 5.74) is 1.98. The quantitative estimate of drug-likeness (QED) is 0.317. The normalized spacial score (nSPS) is 17.3. The van der Waals surface area contributed by atoms with Crippen LogP contribution in [0.1, 0.15) is 32.6 Å². The second-order valence-corrected chi connectivity index (χ2v) is 11.0. The average Bonchev–Trinajstić information content (AvgIpc) is 3.25. The van der Waals surface area contributed by atoms with Gasteiger partial charge in [0.2, 0.25) is 0 Å². The molecule has 2 fully saturated rings. The molecule has 0 bridgehead atoms. The Kier molecular flexibility index (Phi) is 8.69. The van der Waals surface area contributed by atoms with Crippen LogP contribution in [0.15, 0.2) is 77.7 Å². The molecule has 0 aliphatic carbocycles. The number of carbonyl (C=O) groups is 3. The van der Waals surface area contributed by atoms with Crippen molar-refractivity contribution in [3.8, 4) is 5.75 Å². The first-order chi connectivity index (χ1) is 20.1. The van der Waals surface area contributed by atoms with Crippen LogP contribution in [0.4, 0.5) is 18.0 Å². The number of piperazine rings is 1. The van der Waals surface area contributed by atoms with E-state index in [1.54, 1.807) is 37.5 Å². The first-order valence-electron chi connectivity index (χ1n) is 13.3. The standard InChI is InChI=1S/C31H28F3N3O4S/c1-41-26-12-6-22(7-13-26)19-35-14-16-36(17-15-35)28(38)24-8-2-21(3-9-24)18-27-29(39)37(30(40)42-27)20-23-4-10-25(11-5-23)31(32,33)34/h2-13,18H,14-17,19-20H2,1H3/b27-18-. The number of thioether (sulfide) groups is 1. The Hall–Kier alpha value is -4.09. The number of methoxy groups -OCH3 is 1. The number of rotatable bonds is 7. The molecule has 0 aromatic heterocycles. The minimum Gasteiger partial charge on any atom is -0.497 e. The number of imide groups is 1. The van der Waals surface area contributed by atoms with Gasteiger partial charge in [0.05, 0.1) is 24.1 Å². The number of amides is 3. The molecular formula is C31H28F3N3O4S. The lowest BCUT2D eigenvalue weighted by Crippen LogP contribution is -2.48. The van der Waals surface area contributed by atoms with E-state index in [1.807, 2.05) is 29.2 Å². The highest BCUT2D eigenvalue weighted by Gasteiger charge is 2.35. The number of ether oxygens (including phenoxy) is 1. The van der Waals surface area contributed by atoms with Crippen LogP contribution in [-0.2, 0) is 24.1 Å². The predicted octanol–water partition coefficient (Wildman–Crippen LogP) is 5.91. The molecule has 0 atom stereocenters. The molecular weight excluding hydrogens is 567 g/mol. The molecule has 2 aliphatic rings. The first kappa shape index (κ1) is 29.4. The topological polar surface area (TPSA) is 70.2 Å². The molecule has 3 amide bonds. The Morgan fingerprint density at radius 1 is 0.857 bits per heavy atom. The largest absolute Gasteiger partial charge is 0.497 e. The van der Waals surface area contributed by atoms with E-state index in [9.17, 15) is 27.6 Å². The summed E-state index contributed by atoms with van der Waals surface area (Å²) in [7, 11) is 1.64. The molecule has 2 heterocycles. The van der Waals surface area contributed by atoms with Crippen LogP contribution in [0.25, 0.3) is 6.08 Å². The Balaban J connectivity index is 1.15. The van der Waals surface area contributed by atoms with Gasteiger partial charge in [0.25, 0.3) is 17.1 Å². The molecule has 0 spiro atoms. The molecule has 7 nitrogen and oxygen atoms in total. The van der Waals surface area contributed by atoms with Gasteiger partial charge in [-0.15, -0.1) is 0 Å². The molecule has 5 rings (SSSR count). The second-order valence-electron chi connectivity index (χ2n) is 10.0. The molecule has 3 aromatic rings. The Labute approximate surface area is 245 Å². The molecule has 0 N–H and O–H groups in total. The van der Waals surface area contributed by atoms with Gasteiger partial charge in [-0.05, 0) is 70.9 Å². The fourth-order valence-corrected chi connectivity index (χ4v) is 5.61. The van der Waals surface area contributed by atoms with E-state index >= 15 is 0 Å². The monoisotopic (exact) mass is 595 g/mol. The van der Waals surface area contributed by atoms with Gasteiger partial charge < -0.3 is 9.64 Å². The van der Waals surface area contributed by atoms with Gasteiger partial charge >= 0.3 is 6.18 Å². The van der Waals surface area contributed by atoms with E-state index in [0.29, 0.717) is 29.8 Å².